The van der Waals surface area contributed by atoms with Gasteiger partial charge in [0.25, 0.3) is 0 Å². The summed E-state index contributed by atoms with van der Waals surface area (Å²) in [7, 11) is 0. The van der Waals surface area contributed by atoms with Gasteiger partial charge in [0, 0.05) is 11.1 Å². The van der Waals surface area contributed by atoms with E-state index in [1.54, 1.807) is 12.1 Å². The molecule has 0 saturated heterocycles. The van der Waals surface area contributed by atoms with Gasteiger partial charge in [0.1, 0.15) is 16.4 Å². The molecular weight excluding hydrogens is 275 g/mol. The highest BCUT2D eigenvalue weighted by molar-refractivity contribution is 6.36. The zero-order valence-corrected chi connectivity index (χ0v) is 10.4. The molecule has 1 heterocycles. The van der Waals surface area contributed by atoms with E-state index in [1.807, 2.05) is 0 Å². The fraction of sp³-hybridized carbons (Fsp3) is 0. The van der Waals surface area contributed by atoms with Crippen LogP contribution in [-0.2, 0) is 0 Å². The van der Waals surface area contributed by atoms with Crippen molar-refractivity contribution in [3.05, 3.63) is 50.6 Å². The van der Waals surface area contributed by atoms with Crippen LogP contribution in [0.4, 0.5) is 0 Å². The zero-order chi connectivity index (χ0) is 12.9. The molecule has 3 aromatic rings. The van der Waals surface area contributed by atoms with Crippen molar-refractivity contribution in [2.24, 2.45) is 0 Å². The molecule has 3 rings (SSSR count). The Morgan fingerprint density at radius 2 is 1.78 bits per heavy atom. The Balaban J connectivity index is 2.61. The Hall–Kier alpha value is -1.71. The maximum absolute atomic E-state index is 12.2. The second kappa shape index (κ2) is 3.90. The number of halogens is 2. The van der Waals surface area contributed by atoms with Crippen LogP contribution in [0.15, 0.2) is 39.5 Å². The lowest BCUT2D eigenvalue weighted by molar-refractivity contribution is 0.475. The molecule has 0 atom stereocenters. The summed E-state index contributed by atoms with van der Waals surface area (Å²) in [5.74, 6) is -0.131. The largest absolute Gasteiger partial charge is 0.506 e. The van der Waals surface area contributed by atoms with Gasteiger partial charge in [0.2, 0.25) is 5.43 Å². The third-order valence-corrected chi connectivity index (χ3v) is 3.32. The average Bonchev–Trinajstić information content (AvgIpc) is 2.34. The van der Waals surface area contributed by atoms with Gasteiger partial charge in [-0.2, -0.15) is 0 Å². The molecule has 0 radical (unpaired) electrons. The van der Waals surface area contributed by atoms with Crippen LogP contribution >= 0.6 is 23.2 Å². The highest BCUT2D eigenvalue weighted by Gasteiger charge is 2.13. The number of phenolic OH excluding ortho intramolecular Hbond substituents is 1. The summed E-state index contributed by atoms with van der Waals surface area (Å²) in [4.78, 5) is 12.2. The molecule has 0 fully saturated rings. The van der Waals surface area contributed by atoms with Crippen LogP contribution in [0.25, 0.3) is 21.9 Å². The average molecular weight is 281 g/mol. The summed E-state index contributed by atoms with van der Waals surface area (Å²) in [6.07, 6.45) is 0. The minimum Gasteiger partial charge on any atom is -0.506 e. The third-order valence-electron chi connectivity index (χ3n) is 2.72. The van der Waals surface area contributed by atoms with Crippen LogP contribution in [0.3, 0.4) is 0 Å². The van der Waals surface area contributed by atoms with Crippen LogP contribution < -0.4 is 5.43 Å². The molecule has 0 saturated carbocycles. The van der Waals surface area contributed by atoms with Crippen molar-refractivity contribution < 1.29 is 9.52 Å². The first-order valence-corrected chi connectivity index (χ1v) is 5.87. The highest BCUT2D eigenvalue weighted by atomic mass is 35.5. The van der Waals surface area contributed by atoms with Crippen molar-refractivity contribution in [3.63, 3.8) is 0 Å². The number of rotatable bonds is 0. The molecule has 0 unspecified atom stereocenters. The normalized spacial score (nSPS) is 11.2. The molecule has 1 aromatic heterocycles. The maximum Gasteiger partial charge on any atom is 0.200 e. The first-order valence-electron chi connectivity index (χ1n) is 5.11. The molecule has 0 aliphatic heterocycles. The second-order valence-electron chi connectivity index (χ2n) is 3.85. The van der Waals surface area contributed by atoms with Crippen molar-refractivity contribution in [2.75, 3.05) is 0 Å². The Kier molecular flexibility index (Phi) is 2.47. The van der Waals surface area contributed by atoms with E-state index >= 15 is 0 Å². The van der Waals surface area contributed by atoms with Gasteiger partial charge < -0.3 is 9.52 Å². The van der Waals surface area contributed by atoms with Gasteiger partial charge >= 0.3 is 0 Å². The molecular formula is C13H6Cl2O3. The predicted molar refractivity (Wildman–Crippen MR) is 71.7 cm³/mol. The predicted octanol–water partition coefficient (Wildman–Crippen LogP) is 3.96. The number of benzene rings is 2. The van der Waals surface area contributed by atoms with Gasteiger partial charge in [-0.1, -0.05) is 23.2 Å². The summed E-state index contributed by atoms with van der Waals surface area (Å²) >= 11 is 11.8. The molecule has 1 N–H and O–H groups in total. The van der Waals surface area contributed by atoms with Crippen LogP contribution in [0.1, 0.15) is 0 Å². The summed E-state index contributed by atoms with van der Waals surface area (Å²) in [5.41, 5.74) is 0.300. The van der Waals surface area contributed by atoms with E-state index in [1.165, 1.54) is 18.2 Å². The van der Waals surface area contributed by atoms with Gasteiger partial charge in [-0.25, -0.2) is 0 Å². The Labute approximate surface area is 111 Å². The number of hydrogen-bond acceptors (Lipinski definition) is 3. The lowest BCUT2D eigenvalue weighted by Crippen LogP contribution is -2.02. The number of fused-ring (bicyclic) bond motifs is 2. The van der Waals surface area contributed by atoms with E-state index in [-0.39, 0.29) is 21.8 Å². The fourth-order valence-corrected chi connectivity index (χ4v) is 2.21. The third kappa shape index (κ3) is 1.55. The van der Waals surface area contributed by atoms with E-state index in [4.69, 9.17) is 27.6 Å². The van der Waals surface area contributed by atoms with Gasteiger partial charge in [-0.3, -0.25) is 4.79 Å². The first kappa shape index (κ1) is 11.4. The summed E-state index contributed by atoms with van der Waals surface area (Å²) < 4.78 is 5.54. The lowest BCUT2D eigenvalue weighted by Gasteiger charge is -2.04. The molecule has 3 nitrogen and oxygen atoms in total. The number of phenols is 1. The van der Waals surface area contributed by atoms with E-state index < -0.39 is 0 Å². The zero-order valence-electron chi connectivity index (χ0n) is 8.91. The molecule has 0 aliphatic carbocycles. The minimum absolute atomic E-state index is 0.0199. The Morgan fingerprint density at radius 1 is 1.06 bits per heavy atom. The van der Waals surface area contributed by atoms with Gasteiger partial charge in [0.15, 0.2) is 5.58 Å². The van der Waals surface area contributed by atoms with E-state index in [9.17, 15) is 9.90 Å². The van der Waals surface area contributed by atoms with E-state index in [2.05, 4.69) is 0 Å². The quantitative estimate of drug-likeness (QED) is 0.634. The Bertz CT molecular complexity index is 837. The Morgan fingerprint density at radius 3 is 2.56 bits per heavy atom. The van der Waals surface area contributed by atoms with E-state index in [0.29, 0.717) is 21.4 Å². The lowest BCUT2D eigenvalue weighted by atomic mass is 10.1. The topological polar surface area (TPSA) is 50.4 Å². The van der Waals surface area contributed by atoms with Crippen molar-refractivity contribution in [3.8, 4) is 5.75 Å². The van der Waals surface area contributed by atoms with Crippen LogP contribution in [0.5, 0.6) is 5.75 Å². The van der Waals surface area contributed by atoms with Gasteiger partial charge in [-0.05, 0) is 24.3 Å². The summed E-state index contributed by atoms with van der Waals surface area (Å²) in [5, 5.41) is 10.7. The maximum atomic E-state index is 12.2. The molecule has 0 amide bonds. The van der Waals surface area contributed by atoms with Crippen molar-refractivity contribution in [1.29, 1.82) is 0 Å². The minimum atomic E-state index is -0.204. The molecule has 0 aliphatic rings. The molecule has 2 aromatic carbocycles. The second-order valence-corrected chi connectivity index (χ2v) is 4.66. The number of hydrogen-bond donors (Lipinski definition) is 1. The van der Waals surface area contributed by atoms with Crippen molar-refractivity contribution in [2.45, 2.75) is 0 Å². The molecule has 0 bridgehead atoms. The SMILES string of the molecule is O=c1c2ccc(Cl)cc2oc2c(Cl)c(O)ccc12. The number of aromatic hydroxyl groups is 1. The molecule has 5 heteroatoms. The highest BCUT2D eigenvalue weighted by Crippen LogP contribution is 2.32. The summed E-state index contributed by atoms with van der Waals surface area (Å²) in [6, 6.07) is 7.61. The van der Waals surface area contributed by atoms with E-state index in [0.717, 1.165) is 0 Å². The molecule has 0 spiro atoms. The van der Waals surface area contributed by atoms with Crippen molar-refractivity contribution in [1.82, 2.24) is 0 Å². The van der Waals surface area contributed by atoms with Gasteiger partial charge in [0.05, 0.1) is 10.8 Å². The van der Waals surface area contributed by atoms with Crippen LogP contribution in [0, 0.1) is 0 Å². The smallest absolute Gasteiger partial charge is 0.200 e. The monoisotopic (exact) mass is 280 g/mol. The van der Waals surface area contributed by atoms with Gasteiger partial charge in [-0.15, -0.1) is 0 Å². The first-order chi connectivity index (χ1) is 8.58. The molecule has 90 valence electrons. The van der Waals surface area contributed by atoms with Crippen molar-refractivity contribution >= 4 is 45.1 Å². The van der Waals surface area contributed by atoms with Crippen LogP contribution in [0.2, 0.25) is 10.0 Å². The molecule has 18 heavy (non-hydrogen) atoms. The fourth-order valence-electron chi connectivity index (χ4n) is 1.85. The summed E-state index contributed by atoms with van der Waals surface area (Å²) in [6.45, 7) is 0. The standard InChI is InChI=1S/C13H6Cl2O3/c14-6-1-2-7-10(5-6)18-13-8(12(7)17)3-4-9(16)11(13)15/h1-5,16H. The van der Waals surface area contributed by atoms with Crippen LogP contribution in [-0.4, -0.2) is 5.11 Å².